The quantitative estimate of drug-likeness (QED) is 0.877. The summed E-state index contributed by atoms with van der Waals surface area (Å²) in [6.07, 6.45) is 4.59. The maximum absolute atomic E-state index is 10.2. The molecule has 1 N–H and O–H groups in total. The van der Waals surface area contributed by atoms with Crippen LogP contribution in [0.3, 0.4) is 0 Å². The molecule has 88 valence electrons. The third-order valence-corrected chi connectivity index (χ3v) is 4.54. The van der Waals surface area contributed by atoms with Gasteiger partial charge in [0.2, 0.25) is 0 Å². The highest BCUT2D eigenvalue weighted by Gasteiger charge is 2.22. The molecule has 1 atom stereocenters. The molecule has 1 aliphatic carbocycles. The Bertz CT molecular complexity index is 383. The van der Waals surface area contributed by atoms with Gasteiger partial charge in [-0.25, -0.2) is 0 Å². The average Bonchev–Trinajstić information content (AvgIpc) is 2.17. The van der Waals surface area contributed by atoms with Gasteiger partial charge in [-0.3, -0.25) is 0 Å². The number of aryl methyl sites for hydroxylation is 2. The Hall–Kier alpha value is -0.340. The number of hydrogen-bond acceptors (Lipinski definition) is 1. The zero-order chi connectivity index (χ0) is 11.7. The van der Waals surface area contributed by atoms with Crippen LogP contribution in [0, 0.1) is 19.8 Å². The lowest BCUT2D eigenvalue weighted by atomic mass is 9.80. The molecule has 1 saturated carbocycles. The van der Waals surface area contributed by atoms with Crippen LogP contribution < -0.4 is 0 Å². The molecule has 0 spiro atoms. The lowest BCUT2D eigenvalue weighted by Crippen LogP contribution is -2.15. The minimum absolute atomic E-state index is 0.280. The summed E-state index contributed by atoms with van der Waals surface area (Å²) in [6, 6.07) is 4.22. The van der Waals surface area contributed by atoms with Crippen molar-refractivity contribution in [3.8, 4) is 0 Å². The molecule has 1 nitrogen and oxygen atoms in total. The Kier molecular flexibility index (Phi) is 3.70. The van der Waals surface area contributed by atoms with Crippen LogP contribution in [0.15, 0.2) is 16.6 Å². The van der Waals surface area contributed by atoms with E-state index in [0.29, 0.717) is 0 Å². The van der Waals surface area contributed by atoms with Crippen LogP contribution >= 0.6 is 15.9 Å². The molecule has 1 unspecified atom stereocenters. The first-order valence-corrected chi connectivity index (χ1v) is 6.82. The van der Waals surface area contributed by atoms with Crippen molar-refractivity contribution >= 4 is 15.9 Å². The van der Waals surface area contributed by atoms with Crippen molar-refractivity contribution < 1.29 is 5.11 Å². The molecule has 1 aromatic carbocycles. The summed E-state index contributed by atoms with van der Waals surface area (Å²) in [4.78, 5) is 0. The minimum Gasteiger partial charge on any atom is -0.388 e. The van der Waals surface area contributed by atoms with Crippen molar-refractivity contribution in [2.45, 2.75) is 45.6 Å². The van der Waals surface area contributed by atoms with Gasteiger partial charge < -0.3 is 5.11 Å². The molecule has 0 radical (unpaired) electrons. The third kappa shape index (κ3) is 2.49. The van der Waals surface area contributed by atoms with Crippen LogP contribution in [-0.4, -0.2) is 5.11 Å². The van der Waals surface area contributed by atoms with E-state index < -0.39 is 0 Å². The highest BCUT2D eigenvalue weighted by molar-refractivity contribution is 9.10. The minimum atomic E-state index is -0.280. The summed E-state index contributed by atoms with van der Waals surface area (Å²) < 4.78 is 1.13. The fourth-order valence-electron chi connectivity index (χ4n) is 2.33. The van der Waals surface area contributed by atoms with E-state index in [1.807, 2.05) is 0 Å². The normalized spacial score (nSPS) is 18.2. The maximum atomic E-state index is 10.2. The monoisotopic (exact) mass is 282 g/mol. The highest BCUT2D eigenvalue weighted by Crippen LogP contribution is 2.36. The highest BCUT2D eigenvalue weighted by atomic mass is 79.9. The molecule has 0 aliphatic heterocycles. The second-order valence-corrected chi connectivity index (χ2v) is 5.86. The number of aliphatic hydroxyl groups is 1. The van der Waals surface area contributed by atoms with Crippen LogP contribution in [0.4, 0.5) is 0 Å². The van der Waals surface area contributed by atoms with E-state index in [2.05, 4.69) is 41.9 Å². The van der Waals surface area contributed by atoms with Gasteiger partial charge in [0.25, 0.3) is 0 Å². The summed E-state index contributed by atoms with van der Waals surface area (Å²) in [7, 11) is 0. The molecule has 0 amide bonds. The predicted molar refractivity (Wildman–Crippen MR) is 70.5 cm³/mol. The fraction of sp³-hybridized carbons (Fsp3) is 0.571. The zero-order valence-electron chi connectivity index (χ0n) is 9.96. The Balaban J connectivity index is 2.14. The molecule has 1 aliphatic rings. The first kappa shape index (κ1) is 12.1. The maximum Gasteiger partial charge on any atom is 0.0795 e. The first-order chi connectivity index (χ1) is 7.58. The van der Waals surface area contributed by atoms with E-state index in [9.17, 15) is 5.11 Å². The van der Waals surface area contributed by atoms with Crippen molar-refractivity contribution in [1.29, 1.82) is 0 Å². The summed E-state index contributed by atoms with van der Waals surface area (Å²) in [5.74, 6) is 0.748. The second-order valence-electron chi connectivity index (χ2n) is 5.01. The number of halogens is 1. The van der Waals surface area contributed by atoms with Gasteiger partial charge in [-0.2, -0.15) is 0 Å². The summed E-state index contributed by atoms with van der Waals surface area (Å²) in [5.41, 5.74) is 3.49. The van der Waals surface area contributed by atoms with Gasteiger partial charge in [0.05, 0.1) is 6.10 Å². The summed E-state index contributed by atoms with van der Waals surface area (Å²) in [6.45, 7) is 4.15. The van der Waals surface area contributed by atoms with Gasteiger partial charge >= 0.3 is 0 Å². The topological polar surface area (TPSA) is 20.2 Å². The molecule has 0 bridgehead atoms. The van der Waals surface area contributed by atoms with Crippen molar-refractivity contribution in [2.75, 3.05) is 0 Å². The van der Waals surface area contributed by atoms with Crippen LogP contribution in [0.1, 0.15) is 48.5 Å². The molecule has 0 saturated heterocycles. The standard InChI is InChI=1S/C14H19BrO/c1-9-7-13(15)10(2)6-12(9)14(16)8-11-4-3-5-11/h6-7,11,14,16H,3-5,8H2,1-2H3. The van der Waals surface area contributed by atoms with E-state index in [1.54, 1.807) is 0 Å². The van der Waals surface area contributed by atoms with Gasteiger partial charge in [0, 0.05) is 4.47 Å². The first-order valence-electron chi connectivity index (χ1n) is 6.02. The van der Waals surface area contributed by atoms with Crippen molar-refractivity contribution in [2.24, 2.45) is 5.92 Å². The number of hydrogen-bond donors (Lipinski definition) is 1. The molecule has 1 aromatic rings. The molecule has 0 heterocycles. The second kappa shape index (κ2) is 4.89. The number of benzene rings is 1. The Morgan fingerprint density at radius 3 is 2.56 bits per heavy atom. The largest absolute Gasteiger partial charge is 0.388 e. The lowest BCUT2D eigenvalue weighted by molar-refractivity contribution is 0.118. The third-order valence-electron chi connectivity index (χ3n) is 3.69. The zero-order valence-corrected chi connectivity index (χ0v) is 11.5. The van der Waals surface area contributed by atoms with Gasteiger partial charge in [-0.15, -0.1) is 0 Å². The molecule has 2 heteroatoms. The number of aliphatic hydroxyl groups excluding tert-OH is 1. The SMILES string of the molecule is Cc1cc(C(O)CC2CCC2)c(C)cc1Br. The van der Waals surface area contributed by atoms with Crippen molar-refractivity contribution in [1.82, 2.24) is 0 Å². The van der Waals surface area contributed by atoms with E-state index >= 15 is 0 Å². The predicted octanol–water partition coefficient (Wildman–Crippen LogP) is 4.29. The molecular weight excluding hydrogens is 264 g/mol. The summed E-state index contributed by atoms with van der Waals surface area (Å²) in [5, 5.41) is 10.2. The van der Waals surface area contributed by atoms with E-state index in [0.717, 1.165) is 22.4 Å². The molecule has 0 aromatic heterocycles. The van der Waals surface area contributed by atoms with E-state index in [1.165, 1.54) is 30.4 Å². The summed E-state index contributed by atoms with van der Waals surface area (Å²) >= 11 is 3.52. The van der Waals surface area contributed by atoms with Crippen LogP contribution in [0.2, 0.25) is 0 Å². The van der Waals surface area contributed by atoms with Crippen LogP contribution in [0.25, 0.3) is 0 Å². The fourth-order valence-corrected chi connectivity index (χ4v) is 2.79. The molecule has 1 fully saturated rings. The van der Waals surface area contributed by atoms with Crippen LogP contribution in [0.5, 0.6) is 0 Å². The van der Waals surface area contributed by atoms with Crippen molar-refractivity contribution in [3.05, 3.63) is 33.3 Å². The lowest BCUT2D eigenvalue weighted by Gasteiger charge is -2.28. The van der Waals surface area contributed by atoms with E-state index in [4.69, 9.17) is 0 Å². The Morgan fingerprint density at radius 2 is 2.00 bits per heavy atom. The van der Waals surface area contributed by atoms with Gasteiger partial charge in [0.1, 0.15) is 0 Å². The molecule has 16 heavy (non-hydrogen) atoms. The Morgan fingerprint density at radius 1 is 1.31 bits per heavy atom. The van der Waals surface area contributed by atoms with Gasteiger partial charge in [0.15, 0.2) is 0 Å². The molecule has 2 rings (SSSR count). The molecular formula is C14H19BrO. The van der Waals surface area contributed by atoms with Crippen LogP contribution in [-0.2, 0) is 0 Å². The van der Waals surface area contributed by atoms with Gasteiger partial charge in [-0.1, -0.05) is 41.3 Å². The van der Waals surface area contributed by atoms with Crippen molar-refractivity contribution in [3.63, 3.8) is 0 Å². The van der Waals surface area contributed by atoms with Gasteiger partial charge in [-0.05, 0) is 48.9 Å². The van der Waals surface area contributed by atoms with E-state index in [-0.39, 0.29) is 6.10 Å². The Labute approximate surface area is 106 Å². The smallest absolute Gasteiger partial charge is 0.0795 e. The average molecular weight is 283 g/mol. The number of rotatable bonds is 3.